The van der Waals surface area contributed by atoms with Crippen LogP contribution >= 0.6 is 0 Å². The number of unbranched alkanes of at least 4 members (excludes halogenated alkanes) is 2. The minimum atomic E-state index is -0.132. The summed E-state index contributed by atoms with van der Waals surface area (Å²) in [5.74, 6) is -0.132. The molecule has 0 amide bonds. The van der Waals surface area contributed by atoms with Crippen LogP contribution in [-0.4, -0.2) is 0 Å². The average Bonchev–Trinajstić information content (AvgIpc) is 2.55. The van der Waals surface area contributed by atoms with E-state index < -0.39 is 0 Å². The molecule has 0 aliphatic heterocycles. The Morgan fingerprint density at radius 1 is 0.955 bits per heavy atom. The zero-order valence-electron chi connectivity index (χ0n) is 13.2. The third-order valence-corrected chi connectivity index (χ3v) is 4.51. The van der Waals surface area contributed by atoms with Crippen LogP contribution in [0.3, 0.4) is 0 Å². The third-order valence-electron chi connectivity index (χ3n) is 4.51. The largest absolute Gasteiger partial charge is 0.207 e. The van der Waals surface area contributed by atoms with Crippen molar-refractivity contribution in [2.45, 2.75) is 45.4 Å². The fraction of sp³-hybridized carbons (Fsp3) is 0.333. The highest BCUT2D eigenvalue weighted by Gasteiger charge is 2.13. The minimum Gasteiger partial charge on any atom is -0.207 e. The number of benzene rings is 2. The van der Waals surface area contributed by atoms with Crippen molar-refractivity contribution in [3.05, 3.63) is 76.6 Å². The molecular formula is C21H23F. The average molecular weight is 294 g/mol. The maximum Gasteiger partial charge on any atom is 0.123 e. The van der Waals surface area contributed by atoms with Crippen molar-refractivity contribution in [1.29, 1.82) is 0 Å². The van der Waals surface area contributed by atoms with Crippen LogP contribution in [0, 0.1) is 5.82 Å². The van der Waals surface area contributed by atoms with E-state index in [4.69, 9.17) is 0 Å². The van der Waals surface area contributed by atoms with Crippen molar-refractivity contribution in [3.63, 3.8) is 0 Å². The predicted molar refractivity (Wildman–Crippen MR) is 91.5 cm³/mol. The second-order valence-electron chi connectivity index (χ2n) is 6.18. The molecule has 2 aromatic carbocycles. The third kappa shape index (κ3) is 3.47. The van der Waals surface area contributed by atoms with Crippen LogP contribution < -0.4 is 0 Å². The van der Waals surface area contributed by atoms with Gasteiger partial charge in [-0.1, -0.05) is 56.2 Å². The fourth-order valence-corrected chi connectivity index (χ4v) is 3.15. The van der Waals surface area contributed by atoms with E-state index in [1.54, 1.807) is 12.1 Å². The second-order valence-corrected chi connectivity index (χ2v) is 6.18. The van der Waals surface area contributed by atoms with Crippen molar-refractivity contribution in [2.75, 3.05) is 0 Å². The molecule has 0 radical (unpaired) electrons. The van der Waals surface area contributed by atoms with E-state index in [2.05, 4.69) is 37.3 Å². The summed E-state index contributed by atoms with van der Waals surface area (Å²) in [4.78, 5) is 0. The first kappa shape index (κ1) is 15.0. The van der Waals surface area contributed by atoms with Crippen molar-refractivity contribution in [1.82, 2.24) is 0 Å². The quantitative estimate of drug-likeness (QED) is 0.617. The van der Waals surface area contributed by atoms with E-state index in [-0.39, 0.29) is 5.82 Å². The Hall–Kier alpha value is -1.89. The van der Waals surface area contributed by atoms with Gasteiger partial charge in [-0.25, -0.2) is 4.39 Å². The smallest absolute Gasteiger partial charge is 0.123 e. The number of allylic oxidation sites excluding steroid dienone is 2. The fourth-order valence-electron chi connectivity index (χ4n) is 3.15. The van der Waals surface area contributed by atoms with Gasteiger partial charge < -0.3 is 0 Å². The lowest BCUT2D eigenvalue weighted by atomic mass is 9.88. The lowest BCUT2D eigenvalue weighted by Crippen LogP contribution is -2.03. The molecule has 0 spiro atoms. The Morgan fingerprint density at radius 2 is 1.77 bits per heavy atom. The Bertz CT molecular complexity index is 665. The topological polar surface area (TPSA) is 0 Å². The van der Waals surface area contributed by atoms with Gasteiger partial charge in [0.05, 0.1) is 0 Å². The molecule has 0 heterocycles. The molecule has 0 bridgehead atoms. The summed E-state index contributed by atoms with van der Waals surface area (Å²) in [5, 5.41) is 0. The standard InChI is InChI=1S/C21H23F/c1-2-3-4-5-16-6-8-17(9-7-16)18-10-11-20-15-21(22)13-12-19(20)14-18/h6-10,12-13,15H,2-5,11,14H2,1H3. The molecular weight excluding hydrogens is 271 g/mol. The van der Waals surface area contributed by atoms with E-state index in [1.165, 1.54) is 47.9 Å². The summed E-state index contributed by atoms with van der Waals surface area (Å²) >= 11 is 0. The summed E-state index contributed by atoms with van der Waals surface area (Å²) < 4.78 is 13.3. The maximum atomic E-state index is 13.3. The summed E-state index contributed by atoms with van der Waals surface area (Å²) in [7, 11) is 0. The lowest BCUT2D eigenvalue weighted by Gasteiger charge is -2.17. The molecule has 0 atom stereocenters. The van der Waals surface area contributed by atoms with Gasteiger partial charge in [-0.15, -0.1) is 0 Å². The highest BCUT2D eigenvalue weighted by Crippen LogP contribution is 2.28. The highest BCUT2D eigenvalue weighted by molar-refractivity contribution is 5.70. The van der Waals surface area contributed by atoms with Crippen LogP contribution in [0.1, 0.15) is 48.4 Å². The lowest BCUT2D eigenvalue weighted by molar-refractivity contribution is 0.625. The summed E-state index contributed by atoms with van der Waals surface area (Å²) in [6.45, 7) is 2.24. The highest BCUT2D eigenvalue weighted by atomic mass is 19.1. The molecule has 0 nitrogen and oxygen atoms in total. The number of aryl methyl sites for hydroxylation is 1. The van der Waals surface area contributed by atoms with Crippen molar-refractivity contribution in [3.8, 4) is 0 Å². The van der Waals surface area contributed by atoms with Crippen LogP contribution in [0.2, 0.25) is 0 Å². The molecule has 3 rings (SSSR count). The molecule has 0 saturated carbocycles. The molecule has 0 N–H and O–H groups in total. The molecule has 114 valence electrons. The number of rotatable bonds is 5. The normalized spacial score (nSPS) is 13.6. The van der Waals surface area contributed by atoms with Crippen LogP contribution in [0.4, 0.5) is 4.39 Å². The van der Waals surface area contributed by atoms with E-state index in [0.717, 1.165) is 18.4 Å². The van der Waals surface area contributed by atoms with Gasteiger partial charge in [0.2, 0.25) is 0 Å². The van der Waals surface area contributed by atoms with E-state index >= 15 is 0 Å². The zero-order valence-corrected chi connectivity index (χ0v) is 13.2. The first-order valence-corrected chi connectivity index (χ1v) is 8.32. The van der Waals surface area contributed by atoms with Crippen LogP contribution in [-0.2, 0) is 19.3 Å². The van der Waals surface area contributed by atoms with Crippen LogP contribution in [0.15, 0.2) is 48.5 Å². The molecule has 1 heteroatoms. The number of halogens is 1. The molecule has 2 aromatic rings. The van der Waals surface area contributed by atoms with Gasteiger partial charge in [-0.2, -0.15) is 0 Å². The monoisotopic (exact) mass is 294 g/mol. The molecule has 0 fully saturated rings. The van der Waals surface area contributed by atoms with Gasteiger partial charge in [0, 0.05) is 0 Å². The Morgan fingerprint density at radius 3 is 2.55 bits per heavy atom. The van der Waals surface area contributed by atoms with Gasteiger partial charge >= 0.3 is 0 Å². The van der Waals surface area contributed by atoms with Gasteiger partial charge in [0.1, 0.15) is 5.82 Å². The molecule has 0 saturated heterocycles. The van der Waals surface area contributed by atoms with Crippen molar-refractivity contribution < 1.29 is 4.39 Å². The summed E-state index contributed by atoms with van der Waals surface area (Å²) in [6.07, 6.45) is 9.01. The molecule has 0 unspecified atom stereocenters. The molecule has 0 aromatic heterocycles. The van der Waals surface area contributed by atoms with Crippen LogP contribution in [0.25, 0.3) is 5.57 Å². The van der Waals surface area contributed by atoms with Gasteiger partial charge in [0.15, 0.2) is 0 Å². The minimum absolute atomic E-state index is 0.132. The zero-order chi connectivity index (χ0) is 15.4. The van der Waals surface area contributed by atoms with E-state index in [0.29, 0.717) is 0 Å². The summed E-state index contributed by atoms with van der Waals surface area (Å²) in [6, 6.07) is 14.1. The Balaban J connectivity index is 1.70. The number of hydrogen-bond acceptors (Lipinski definition) is 0. The van der Waals surface area contributed by atoms with Gasteiger partial charge in [-0.05, 0) is 65.6 Å². The van der Waals surface area contributed by atoms with E-state index in [9.17, 15) is 4.39 Å². The second kappa shape index (κ2) is 6.91. The SMILES string of the molecule is CCCCCc1ccc(C2=CCc3cc(F)ccc3C2)cc1. The summed E-state index contributed by atoms with van der Waals surface area (Å²) in [5.41, 5.74) is 6.47. The van der Waals surface area contributed by atoms with Crippen molar-refractivity contribution in [2.24, 2.45) is 0 Å². The maximum absolute atomic E-state index is 13.3. The predicted octanol–water partition coefficient (Wildman–Crippen LogP) is 5.74. The van der Waals surface area contributed by atoms with Gasteiger partial charge in [0.25, 0.3) is 0 Å². The first-order valence-electron chi connectivity index (χ1n) is 8.32. The van der Waals surface area contributed by atoms with Crippen LogP contribution in [0.5, 0.6) is 0 Å². The van der Waals surface area contributed by atoms with Gasteiger partial charge in [-0.3, -0.25) is 0 Å². The molecule has 1 aliphatic carbocycles. The number of fused-ring (bicyclic) bond motifs is 1. The molecule has 1 aliphatic rings. The number of hydrogen-bond donors (Lipinski definition) is 0. The molecule has 22 heavy (non-hydrogen) atoms. The Kier molecular flexibility index (Phi) is 4.72. The Labute approximate surface area is 132 Å². The van der Waals surface area contributed by atoms with Crippen molar-refractivity contribution >= 4 is 5.57 Å². The first-order chi connectivity index (χ1) is 10.8. The van der Waals surface area contributed by atoms with E-state index in [1.807, 2.05) is 6.07 Å².